The first-order valence-corrected chi connectivity index (χ1v) is 6.46. The number of hydrogen-bond donors (Lipinski definition) is 1. The predicted octanol–water partition coefficient (Wildman–Crippen LogP) is 2.11. The Labute approximate surface area is 107 Å². The quantitative estimate of drug-likeness (QED) is 0.779. The predicted molar refractivity (Wildman–Crippen MR) is 65.2 cm³/mol. The minimum Gasteiger partial charge on any atom is -0.481 e. The Morgan fingerprint density at radius 2 is 2.00 bits per heavy atom. The summed E-state index contributed by atoms with van der Waals surface area (Å²) in [6.45, 7) is 6.59. The van der Waals surface area contributed by atoms with Crippen LogP contribution in [0, 0.1) is 11.3 Å². The summed E-state index contributed by atoms with van der Waals surface area (Å²) in [5, 5.41) is 9.24. The molecule has 1 N–H and O–H groups in total. The summed E-state index contributed by atoms with van der Waals surface area (Å²) in [5.74, 6) is -0.471. The molecule has 2 atom stereocenters. The van der Waals surface area contributed by atoms with Gasteiger partial charge in [0.15, 0.2) is 0 Å². The molecule has 1 heterocycles. The van der Waals surface area contributed by atoms with E-state index in [9.17, 15) is 14.7 Å². The van der Waals surface area contributed by atoms with E-state index in [1.165, 1.54) is 0 Å². The second-order valence-electron chi connectivity index (χ2n) is 6.37. The Bertz CT molecular complexity index is 374. The molecule has 0 bridgehead atoms. The van der Waals surface area contributed by atoms with Crippen molar-refractivity contribution in [2.24, 2.45) is 11.3 Å². The van der Waals surface area contributed by atoms with Crippen LogP contribution in [-0.2, 0) is 9.53 Å². The zero-order valence-electron chi connectivity index (χ0n) is 11.2. The average molecular weight is 255 g/mol. The third-order valence-corrected chi connectivity index (χ3v) is 3.88. The number of carbonyl (C=O) groups excluding carboxylic acids is 1. The Balaban J connectivity index is 1.95. The van der Waals surface area contributed by atoms with Crippen molar-refractivity contribution < 1.29 is 19.4 Å². The molecule has 1 amide bonds. The van der Waals surface area contributed by atoms with Gasteiger partial charge >= 0.3 is 12.1 Å². The van der Waals surface area contributed by atoms with Gasteiger partial charge in [-0.25, -0.2) is 4.79 Å². The molecule has 18 heavy (non-hydrogen) atoms. The second kappa shape index (κ2) is 4.14. The van der Waals surface area contributed by atoms with Crippen LogP contribution in [0.3, 0.4) is 0 Å². The van der Waals surface area contributed by atoms with Gasteiger partial charge in [-0.2, -0.15) is 0 Å². The van der Waals surface area contributed by atoms with Crippen LogP contribution in [-0.4, -0.2) is 40.8 Å². The molecule has 5 heteroatoms. The van der Waals surface area contributed by atoms with Crippen molar-refractivity contribution in [3.63, 3.8) is 0 Å². The summed E-state index contributed by atoms with van der Waals surface area (Å²) in [4.78, 5) is 24.8. The first-order chi connectivity index (χ1) is 8.24. The number of carbonyl (C=O) groups is 2. The number of ether oxygens (including phenoxy) is 1. The minimum atomic E-state index is -0.710. The third kappa shape index (κ3) is 2.44. The number of fused-ring (bicyclic) bond motifs is 1. The van der Waals surface area contributed by atoms with Crippen LogP contribution < -0.4 is 0 Å². The lowest BCUT2D eigenvalue weighted by molar-refractivity contribution is -0.144. The molecule has 1 saturated heterocycles. The second-order valence-corrected chi connectivity index (χ2v) is 6.37. The molecule has 102 valence electrons. The molecule has 0 aromatic rings. The van der Waals surface area contributed by atoms with Crippen LogP contribution in [0.25, 0.3) is 0 Å². The summed E-state index contributed by atoms with van der Waals surface area (Å²) in [6, 6.07) is 0. The summed E-state index contributed by atoms with van der Waals surface area (Å²) < 4.78 is 5.32. The smallest absolute Gasteiger partial charge is 0.410 e. The Morgan fingerprint density at radius 3 is 2.56 bits per heavy atom. The van der Waals surface area contributed by atoms with Crippen molar-refractivity contribution in [3.8, 4) is 0 Å². The van der Waals surface area contributed by atoms with Crippen molar-refractivity contribution >= 4 is 12.1 Å². The summed E-state index contributed by atoms with van der Waals surface area (Å²) in [5.41, 5.74) is -1.06. The van der Waals surface area contributed by atoms with E-state index in [2.05, 4.69) is 0 Å². The van der Waals surface area contributed by atoms with Gasteiger partial charge in [0.2, 0.25) is 0 Å². The van der Waals surface area contributed by atoms with Crippen LogP contribution in [0.4, 0.5) is 4.79 Å². The number of carboxylic acid groups (broad SMARTS) is 1. The molecule has 5 nitrogen and oxygen atoms in total. The lowest BCUT2D eigenvalue weighted by atomic mass is 9.99. The molecule has 1 aliphatic carbocycles. The molecule has 0 aromatic heterocycles. The highest BCUT2D eigenvalue weighted by atomic mass is 16.6. The molecular weight excluding hydrogens is 234 g/mol. The Kier molecular flexibility index (Phi) is 3.03. The van der Waals surface area contributed by atoms with Gasteiger partial charge in [-0.3, -0.25) is 4.79 Å². The average Bonchev–Trinajstić information content (AvgIpc) is 2.87. The van der Waals surface area contributed by atoms with Crippen molar-refractivity contribution in [1.29, 1.82) is 0 Å². The number of rotatable bonds is 1. The molecule has 0 aromatic carbocycles. The van der Waals surface area contributed by atoms with Gasteiger partial charge in [-0.05, 0) is 46.0 Å². The summed E-state index contributed by atoms with van der Waals surface area (Å²) in [7, 11) is 0. The lowest BCUT2D eigenvalue weighted by Gasteiger charge is -2.26. The van der Waals surface area contributed by atoms with Gasteiger partial charge in [0.25, 0.3) is 0 Å². The largest absolute Gasteiger partial charge is 0.481 e. The van der Waals surface area contributed by atoms with Crippen molar-refractivity contribution in [2.45, 2.75) is 45.6 Å². The van der Waals surface area contributed by atoms with Crippen LogP contribution in [0.1, 0.15) is 40.0 Å². The van der Waals surface area contributed by atoms with E-state index in [-0.39, 0.29) is 12.0 Å². The highest BCUT2D eigenvalue weighted by Gasteiger charge is 2.60. The fourth-order valence-electron chi connectivity index (χ4n) is 2.70. The van der Waals surface area contributed by atoms with Gasteiger partial charge in [-0.1, -0.05) is 0 Å². The number of amides is 1. The Hall–Kier alpha value is -1.26. The van der Waals surface area contributed by atoms with Crippen molar-refractivity contribution in [2.75, 3.05) is 13.1 Å². The molecule has 2 fully saturated rings. The maximum Gasteiger partial charge on any atom is 0.410 e. The summed E-state index contributed by atoms with van der Waals surface area (Å²) in [6.07, 6.45) is 1.76. The molecule has 2 aliphatic rings. The lowest BCUT2D eigenvalue weighted by Crippen LogP contribution is -2.38. The first kappa shape index (κ1) is 13.2. The van der Waals surface area contributed by atoms with E-state index in [0.29, 0.717) is 19.5 Å². The highest BCUT2D eigenvalue weighted by molar-refractivity contribution is 5.79. The number of hydrogen-bond acceptors (Lipinski definition) is 3. The van der Waals surface area contributed by atoms with Crippen molar-refractivity contribution in [3.05, 3.63) is 0 Å². The molecule has 0 unspecified atom stereocenters. The van der Waals surface area contributed by atoms with Crippen LogP contribution in [0.15, 0.2) is 0 Å². The maximum absolute atomic E-state index is 11.9. The van der Waals surface area contributed by atoms with Crippen LogP contribution >= 0.6 is 0 Å². The van der Waals surface area contributed by atoms with E-state index >= 15 is 0 Å². The molecule has 0 spiro atoms. The summed E-state index contributed by atoms with van der Waals surface area (Å²) >= 11 is 0. The van der Waals surface area contributed by atoms with Gasteiger partial charge in [-0.15, -0.1) is 0 Å². The molecule has 2 rings (SSSR count). The third-order valence-electron chi connectivity index (χ3n) is 3.88. The fraction of sp³-hybridized carbons (Fsp3) is 0.846. The van der Waals surface area contributed by atoms with Gasteiger partial charge in [0.1, 0.15) is 5.60 Å². The van der Waals surface area contributed by atoms with E-state index in [0.717, 1.165) is 12.8 Å². The molecule has 0 radical (unpaired) electrons. The zero-order valence-corrected chi connectivity index (χ0v) is 11.2. The monoisotopic (exact) mass is 255 g/mol. The molecule has 1 saturated carbocycles. The maximum atomic E-state index is 11.9. The SMILES string of the molecule is CC(C)(C)OC(=O)N1CC[C@@H]2C[C@]2(C(=O)O)CC1. The van der Waals surface area contributed by atoms with Gasteiger partial charge < -0.3 is 14.7 Å². The zero-order chi connectivity index (χ0) is 13.6. The standard InChI is InChI=1S/C13H21NO4/c1-12(2,3)18-11(17)14-6-4-9-8-13(9,5-7-14)10(15)16/h9H,4-8H2,1-3H3,(H,15,16)/t9-,13-/m1/s1. The van der Waals surface area contributed by atoms with Crippen LogP contribution in [0.2, 0.25) is 0 Å². The van der Waals surface area contributed by atoms with Gasteiger partial charge in [0.05, 0.1) is 5.41 Å². The number of likely N-dealkylation sites (tertiary alicyclic amines) is 1. The number of carboxylic acids is 1. The van der Waals surface area contributed by atoms with E-state index < -0.39 is 17.0 Å². The van der Waals surface area contributed by atoms with Crippen molar-refractivity contribution in [1.82, 2.24) is 4.90 Å². The number of aliphatic carboxylic acids is 1. The highest BCUT2D eigenvalue weighted by Crippen LogP contribution is 2.58. The topological polar surface area (TPSA) is 66.8 Å². The van der Waals surface area contributed by atoms with E-state index in [1.54, 1.807) is 4.90 Å². The van der Waals surface area contributed by atoms with Gasteiger partial charge in [0, 0.05) is 13.1 Å². The Morgan fingerprint density at radius 1 is 1.33 bits per heavy atom. The fourth-order valence-corrected chi connectivity index (χ4v) is 2.70. The van der Waals surface area contributed by atoms with E-state index in [4.69, 9.17) is 4.74 Å². The molecular formula is C13H21NO4. The van der Waals surface area contributed by atoms with E-state index in [1.807, 2.05) is 20.8 Å². The normalized spacial score (nSPS) is 31.3. The molecule has 1 aliphatic heterocycles. The number of nitrogens with zero attached hydrogens (tertiary/aromatic N) is 1. The van der Waals surface area contributed by atoms with Crippen LogP contribution in [0.5, 0.6) is 0 Å². The minimum absolute atomic E-state index is 0.238. The first-order valence-electron chi connectivity index (χ1n) is 6.46.